The molecule has 0 N–H and O–H groups in total. The second-order valence-electron chi connectivity index (χ2n) is 9.42. The van der Waals surface area contributed by atoms with Crippen molar-refractivity contribution in [1.29, 1.82) is 0 Å². The molecule has 2 amide bonds. The van der Waals surface area contributed by atoms with Crippen LogP contribution in [0.1, 0.15) is 43.0 Å². The fourth-order valence-corrected chi connectivity index (χ4v) is 6.36. The average Bonchev–Trinajstić information content (AvgIpc) is 2.94. The Hall–Kier alpha value is -3.25. The molecule has 6 heteroatoms. The lowest BCUT2D eigenvalue weighted by Crippen LogP contribution is -2.49. The number of carbonyl (C=O) groups is 2. The highest BCUT2D eigenvalue weighted by Crippen LogP contribution is 2.47. The minimum atomic E-state index is 0.0858. The molecular formula is C30H33N3O2S. The summed E-state index contributed by atoms with van der Waals surface area (Å²) < 4.78 is 0. The van der Waals surface area contributed by atoms with Gasteiger partial charge < -0.3 is 14.7 Å². The van der Waals surface area contributed by atoms with Gasteiger partial charge in [0.1, 0.15) is 0 Å². The van der Waals surface area contributed by atoms with Crippen molar-refractivity contribution in [2.24, 2.45) is 0 Å². The summed E-state index contributed by atoms with van der Waals surface area (Å²) >= 11 is 1.79. The molecule has 0 spiro atoms. The molecule has 0 aromatic heterocycles. The summed E-state index contributed by atoms with van der Waals surface area (Å²) in [5, 5.41) is 0. The number of hydrogen-bond acceptors (Lipinski definition) is 4. The summed E-state index contributed by atoms with van der Waals surface area (Å²) in [4.78, 5) is 35.2. The van der Waals surface area contributed by atoms with Crippen molar-refractivity contribution in [3.05, 3.63) is 84.4 Å². The molecule has 3 aromatic carbocycles. The van der Waals surface area contributed by atoms with Gasteiger partial charge in [-0.05, 0) is 55.7 Å². The Bertz CT molecular complexity index is 1160. The standard InChI is InChI=1S/C30H33N3O2S/c1-2-19-32(24-16-20-31(21-17-24)30(35)23-10-4-3-5-11-23)29(34)18-22-33-25-12-6-8-14-27(25)36-28-15-9-7-13-26(28)33/h3-15,24H,2,16-22H2,1H3. The van der Waals surface area contributed by atoms with Crippen molar-refractivity contribution in [2.75, 3.05) is 31.1 Å². The molecule has 2 heterocycles. The number of fused-ring (bicyclic) bond motifs is 2. The van der Waals surface area contributed by atoms with Crippen molar-refractivity contribution < 1.29 is 9.59 Å². The Kier molecular flexibility index (Phi) is 7.61. The van der Waals surface area contributed by atoms with Crippen LogP contribution in [-0.2, 0) is 4.79 Å². The van der Waals surface area contributed by atoms with Crippen LogP contribution >= 0.6 is 11.8 Å². The van der Waals surface area contributed by atoms with E-state index in [4.69, 9.17) is 0 Å². The van der Waals surface area contributed by atoms with Crippen LogP contribution in [0.5, 0.6) is 0 Å². The summed E-state index contributed by atoms with van der Waals surface area (Å²) in [6.07, 6.45) is 3.06. The van der Waals surface area contributed by atoms with Crippen LogP contribution in [0.15, 0.2) is 88.7 Å². The topological polar surface area (TPSA) is 43.9 Å². The van der Waals surface area contributed by atoms with Gasteiger partial charge in [-0.3, -0.25) is 9.59 Å². The first-order chi connectivity index (χ1) is 17.7. The number of para-hydroxylation sites is 2. The van der Waals surface area contributed by atoms with Gasteiger partial charge >= 0.3 is 0 Å². The second kappa shape index (κ2) is 11.2. The van der Waals surface area contributed by atoms with Crippen molar-refractivity contribution >= 4 is 35.0 Å². The van der Waals surface area contributed by atoms with E-state index in [1.807, 2.05) is 35.2 Å². The molecule has 0 unspecified atom stereocenters. The van der Waals surface area contributed by atoms with Gasteiger partial charge in [0.05, 0.1) is 11.4 Å². The number of piperidine rings is 1. The van der Waals surface area contributed by atoms with E-state index in [9.17, 15) is 9.59 Å². The van der Waals surface area contributed by atoms with Crippen LogP contribution in [0.4, 0.5) is 11.4 Å². The number of rotatable bonds is 7. The molecule has 5 rings (SSSR count). The van der Waals surface area contributed by atoms with Crippen LogP contribution in [-0.4, -0.2) is 53.8 Å². The maximum atomic E-state index is 13.5. The lowest BCUT2D eigenvalue weighted by atomic mass is 10.0. The van der Waals surface area contributed by atoms with Gasteiger partial charge in [-0.15, -0.1) is 0 Å². The lowest BCUT2D eigenvalue weighted by Gasteiger charge is -2.39. The van der Waals surface area contributed by atoms with Crippen molar-refractivity contribution in [3.8, 4) is 0 Å². The van der Waals surface area contributed by atoms with Gasteiger partial charge in [-0.2, -0.15) is 0 Å². The van der Waals surface area contributed by atoms with E-state index < -0.39 is 0 Å². The molecule has 0 saturated carbocycles. The van der Waals surface area contributed by atoms with E-state index in [-0.39, 0.29) is 17.9 Å². The average molecular weight is 500 g/mol. The maximum absolute atomic E-state index is 13.5. The van der Waals surface area contributed by atoms with Crippen LogP contribution < -0.4 is 4.90 Å². The Labute approximate surface area is 218 Å². The normalized spacial score (nSPS) is 15.2. The van der Waals surface area contributed by atoms with Gasteiger partial charge in [0, 0.05) is 54.0 Å². The zero-order valence-electron chi connectivity index (χ0n) is 20.8. The molecule has 5 nitrogen and oxygen atoms in total. The van der Waals surface area contributed by atoms with E-state index in [1.165, 1.54) is 21.2 Å². The highest BCUT2D eigenvalue weighted by molar-refractivity contribution is 7.99. The smallest absolute Gasteiger partial charge is 0.253 e. The van der Waals surface area contributed by atoms with Crippen LogP contribution in [0.25, 0.3) is 0 Å². The Morgan fingerprint density at radius 3 is 2.06 bits per heavy atom. The Morgan fingerprint density at radius 2 is 1.44 bits per heavy atom. The zero-order chi connectivity index (χ0) is 24.9. The molecule has 36 heavy (non-hydrogen) atoms. The van der Waals surface area contributed by atoms with Crippen LogP contribution in [0, 0.1) is 0 Å². The first-order valence-corrected chi connectivity index (χ1v) is 13.7. The largest absolute Gasteiger partial charge is 0.340 e. The number of benzene rings is 3. The lowest BCUT2D eigenvalue weighted by molar-refractivity contribution is -0.134. The summed E-state index contributed by atoms with van der Waals surface area (Å²) in [6, 6.07) is 26.5. The number of likely N-dealkylation sites (tertiary alicyclic amines) is 1. The Morgan fingerprint density at radius 1 is 0.861 bits per heavy atom. The third-order valence-electron chi connectivity index (χ3n) is 7.08. The molecule has 186 valence electrons. The van der Waals surface area contributed by atoms with E-state index in [0.717, 1.165) is 31.4 Å². The van der Waals surface area contributed by atoms with E-state index in [0.29, 0.717) is 26.1 Å². The highest BCUT2D eigenvalue weighted by atomic mass is 32.2. The molecular weight excluding hydrogens is 466 g/mol. The van der Waals surface area contributed by atoms with E-state index in [1.54, 1.807) is 11.8 Å². The number of hydrogen-bond donors (Lipinski definition) is 0. The fourth-order valence-electron chi connectivity index (χ4n) is 5.27. The van der Waals surface area contributed by atoms with Crippen molar-refractivity contribution in [3.63, 3.8) is 0 Å². The van der Waals surface area contributed by atoms with Crippen molar-refractivity contribution in [2.45, 2.75) is 48.4 Å². The fraction of sp³-hybridized carbons (Fsp3) is 0.333. The number of amides is 2. The predicted molar refractivity (Wildman–Crippen MR) is 146 cm³/mol. The number of anilines is 2. The van der Waals surface area contributed by atoms with Gasteiger partial charge in [0.25, 0.3) is 5.91 Å². The first-order valence-electron chi connectivity index (χ1n) is 12.9. The van der Waals surface area contributed by atoms with E-state index in [2.05, 4.69) is 65.3 Å². The van der Waals surface area contributed by atoms with Gasteiger partial charge in [-0.25, -0.2) is 0 Å². The summed E-state index contributed by atoms with van der Waals surface area (Å²) in [5.41, 5.74) is 3.07. The summed E-state index contributed by atoms with van der Waals surface area (Å²) in [6.45, 7) is 4.92. The Balaban J connectivity index is 1.24. The van der Waals surface area contributed by atoms with Gasteiger partial charge in [-0.1, -0.05) is 61.2 Å². The molecule has 1 fully saturated rings. The molecule has 0 atom stereocenters. The monoisotopic (exact) mass is 499 g/mol. The van der Waals surface area contributed by atoms with Crippen LogP contribution in [0.2, 0.25) is 0 Å². The first kappa shape index (κ1) is 24.4. The predicted octanol–water partition coefficient (Wildman–Crippen LogP) is 6.22. The summed E-state index contributed by atoms with van der Waals surface area (Å²) in [7, 11) is 0. The molecule has 0 bridgehead atoms. The molecule has 1 saturated heterocycles. The molecule has 2 aliphatic heterocycles. The molecule has 2 aliphatic rings. The molecule has 0 aliphatic carbocycles. The van der Waals surface area contributed by atoms with Crippen molar-refractivity contribution in [1.82, 2.24) is 9.80 Å². The summed E-state index contributed by atoms with van der Waals surface area (Å²) in [5.74, 6) is 0.292. The highest BCUT2D eigenvalue weighted by Gasteiger charge is 2.30. The second-order valence-corrected chi connectivity index (χ2v) is 10.5. The van der Waals surface area contributed by atoms with Crippen LogP contribution in [0.3, 0.4) is 0 Å². The quantitative estimate of drug-likeness (QED) is 0.387. The number of nitrogens with zero attached hydrogens (tertiary/aromatic N) is 3. The minimum absolute atomic E-state index is 0.0858. The maximum Gasteiger partial charge on any atom is 0.253 e. The SMILES string of the molecule is CCCN(C(=O)CCN1c2ccccc2Sc2ccccc21)C1CCN(C(=O)c2ccccc2)CC1. The number of carbonyl (C=O) groups excluding carboxylic acids is 2. The minimum Gasteiger partial charge on any atom is -0.340 e. The third-order valence-corrected chi connectivity index (χ3v) is 8.21. The third kappa shape index (κ3) is 5.14. The molecule has 0 radical (unpaired) electrons. The van der Waals surface area contributed by atoms with E-state index >= 15 is 0 Å². The van der Waals surface area contributed by atoms with Gasteiger partial charge in [0.2, 0.25) is 5.91 Å². The van der Waals surface area contributed by atoms with Gasteiger partial charge in [0.15, 0.2) is 0 Å². The molecule has 3 aromatic rings. The zero-order valence-corrected chi connectivity index (χ0v) is 21.6.